The maximum atomic E-state index is 15.2. The average molecular weight is 1240 g/mol. The fourth-order valence-electron chi connectivity index (χ4n) is 10.6. The molecule has 0 aliphatic rings. The summed E-state index contributed by atoms with van der Waals surface area (Å²) >= 11 is 19.2. The first-order chi connectivity index (χ1) is 39.4. The number of rotatable bonds is 53. The molecular weight excluding hydrogens is 1130 g/mol. The molecule has 0 spiro atoms. The molecule has 4 unspecified atom stereocenters. The molecule has 4 nitrogen and oxygen atoms in total. The van der Waals surface area contributed by atoms with Crippen LogP contribution in [0.3, 0.4) is 0 Å². The number of carbonyl (C=O) groups excluding carboxylic acids is 1. The highest BCUT2D eigenvalue weighted by molar-refractivity contribution is 9.04. The summed E-state index contributed by atoms with van der Waals surface area (Å²) in [7, 11) is -1.23. The van der Waals surface area contributed by atoms with Crippen LogP contribution in [0, 0.1) is 0 Å². The highest BCUT2D eigenvalue weighted by atomic mass is 33.2. The first-order valence-electron chi connectivity index (χ1n) is 32.0. The van der Waals surface area contributed by atoms with Gasteiger partial charge in [0.2, 0.25) is 5.91 Å². The lowest BCUT2D eigenvalue weighted by atomic mass is 9.98. The van der Waals surface area contributed by atoms with Gasteiger partial charge in [-0.05, 0) is 104 Å². The van der Waals surface area contributed by atoms with E-state index in [1.807, 2.05) is 94.8 Å². The van der Waals surface area contributed by atoms with Gasteiger partial charge in [0.1, 0.15) is 11.5 Å². The summed E-state index contributed by atoms with van der Waals surface area (Å²) in [5.74, 6) is 5.61. The van der Waals surface area contributed by atoms with E-state index < -0.39 is 19.8 Å². The molecule has 0 bridgehead atoms. The number of benzene rings is 4. The van der Waals surface area contributed by atoms with Crippen LogP contribution in [0.15, 0.2) is 131 Å². The fraction of sp³-hybridized carbons (Fsp3) is 0.632. The molecule has 0 saturated carbocycles. The first-order valence-corrected chi connectivity index (χ1v) is 44.8. The van der Waals surface area contributed by atoms with Crippen LogP contribution in [-0.4, -0.2) is 41.3 Å². The number of ether oxygens (including phenoxy) is 2. The summed E-state index contributed by atoms with van der Waals surface area (Å²) in [6.45, 7) is 6.20. The average Bonchev–Trinajstić information content (AvgIpc) is 3.47. The topological polar surface area (TPSA) is 47.6 Å². The zero-order chi connectivity index (χ0) is 56.7. The molecule has 0 radical (unpaired) electrons. The zero-order valence-electron chi connectivity index (χ0n) is 50.0. The fourth-order valence-corrected chi connectivity index (χ4v) is 35.8. The molecule has 0 aliphatic carbocycles. The molecule has 0 fully saturated rings. The van der Waals surface area contributed by atoms with E-state index in [1.54, 1.807) is 0 Å². The highest BCUT2D eigenvalue weighted by Crippen LogP contribution is 2.77. The molecule has 450 valence electrons. The van der Waals surface area contributed by atoms with Crippen molar-refractivity contribution >= 4 is 83.5 Å². The van der Waals surface area contributed by atoms with Gasteiger partial charge in [0, 0.05) is 21.3 Å². The van der Waals surface area contributed by atoms with Crippen LogP contribution in [0.2, 0.25) is 0 Å². The lowest BCUT2D eigenvalue weighted by Gasteiger charge is -2.42. The van der Waals surface area contributed by atoms with Gasteiger partial charge in [-0.2, -0.15) is 0 Å². The normalized spacial score (nSPS) is 14.2. The van der Waals surface area contributed by atoms with Gasteiger partial charge in [0.25, 0.3) is 0 Å². The van der Waals surface area contributed by atoms with Crippen molar-refractivity contribution in [2.45, 2.75) is 253 Å². The summed E-state index contributed by atoms with van der Waals surface area (Å²) in [5.41, 5.74) is 0. The molecule has 80 heavy (non-hydrogen) atoms. The van der Waals surface area contributed by atoms with E-state index in [2.05, 4.69) is 79.8 Å². The lowest BCUT2D eigenvalue weighted by Crippen LogP contribution is -2.45. The molecule has 12 heteroatoms. The molecule has 0 heterocycles. The van der Waals surface area contributed by atoms with Crippen molar-refractivity contribution in [2.75, 3.05) is 30.5 Å². The Hall–Kier alpha value is -1.35. The Morgan fingerprint density at radius 3 is 1.18 bits per heavy atom. The summed E-state index contributed by atoms with van der Waals surface area (Å²) in [6, 6.07) is 42.2. The van der Waals surface area contributed by atoms with Crippen LogP contribution in [0.4, 0.5) is 0 Å². The Morgan fingerprint density at radius 1 is 0.438 bits per heavy atom. The van der Waals surface area contributed by atoms with Gasteiger partial charge < -0.3 is 14.8 Å². The number of para-hydroxylation sites is 2. The predicted octanol–water partition coefficient (Wildman–Crippen LogP) is 23.8. The zero-order valence-corrected chi connectivity index (χ0v) is 56.9. The van der Waals surface area contributed by atoms with Crippen LogP contribution < -0.4 is 14.8 Å². The number of carbonyl (C=O) groups is 1. The van der Waals surface area contributed by atoms with Crippen molar-refractivity contribution in [3.05, 3.63) is 121 Å². The van der Waals surface area contributed by atoms with Gasteiger partial charge in [-0.15, -0.1) is 0 Å². The lowest BCUT2D eigenvalue weighted by molar-refractivity contribution is -0.121. The molecule has 4 aromatic rings. The van der Waals surface area contributed by atoms with E-state index in [0.29, 0.717) is 6.42 Å². The highest BCUT2D eigenvalue weighted by Gasteiger charge is 2.35. The van der Waals surface area contributed by atoms with Crippen LogP contribution in [0.1, 0.15) is 239 Å². The van der Waals surface area contributed by atoms with Crippen LogP contribution in [0.25, 0.3) is 0 Å². The van der Waals surface area contributed by atoms with E-state index in [9.17, 15) is 0 Å². The molecule has 0 aliphatic heterocycles. The summed E-state index contributed by atoms with van der Waals surface area (Å²) < 4.78 is 11.9. The third-order valence-electron chi connectivity index (χ3n) is 15.4. The Labute approximate surface area is 515 Å². The monoisotopic (exact) mass is 1240 g/mol. The second-order valence-electron chi connectivity index (χ2n) is 22.3. The van der Waals surface area contributed by atoms with E-state index in [1.165, 1.54) is 201 Å². The molecule has 0 saturated heterocycles. The van der Waals surface area contributed by atoms with Crippen molar-refractivity contribution < 1.29 is 14.3 Å². The predicted molar refractivity (Wildman–Crippen MR) is 373 cm³/mol. The van der Waals surface area contributed by atoms with E-state index in [0.717, 1.165) is 69.0 Å². The van der Waals surface area contributed by atoms with Crippen molar-refractivity contribution in [2.24, 2.45) is 0 Å². The van der Waals surface area contributed by atoms with Crippen LogP contribution in [0.5, 0.6) is 11.5 Å². The third-order valence-corrected chi connectivity index (χ3v) is 40.5. The second-order valence-corrected chi connectivity index (χ2v) is 45.4. The van der Waals surface area contributed by atoms with E-state index in [4.69, 9.17) is 33.1 Å². The summed E-state index contributed by atoms with van der Waals surface area (Å²) in [4.78, 5) is 17.4. The smallest absolute Gasteiger partial charge is 0.221 e. The maximum Gasteiger partial charge on any atom is 0.221 e. The van der Waals surface area contributed by atoms with Crippen molar-refractivity contribution in [1.29, 1.82) is 0 Å². The molecule has 4 rings (SSSR count). The first kappa shape index (κ1) is 71.1. The molecular formula is C68H109NO3P2S6. The number of hydrogen-bond donors (Lipinski definition) is 1. The third kappa shape index (κ3) is 34.6. The number of nitrogens with one attached hydrogen (secondary N) is 1. The molecule has 1 N–H and O–H groups in total. The van der Waals surface area contributed by atoms with Gasteiger partial charge >= 0.3 is 0 Å². The van der Waals surface area contributed by atoms with E-state index >= 15 is 4.79 Å². The van der Waals surface area contributed by atoms with Gasteiger partial charge in [0.05, 0.1) is 23.2 Å². The van der Waals surface area contributed by atoms with E-state index in [-0.39, 0.29) is 10.8 Å². The number of unbranched alkanes of at least 4 members (excludes halogenated alkanes) is 28. The molecule has 0 aromatic heterocycles. The maximum absolute atomic E-state index is 15.2. The van der Waals surface area contributed by atoms with Gasteiger partial charge in [0.15, 0.2) is 0 Å². The van der Waals surface area contributed by atoms with Gasteiger partial charge in [-0.3, -0.25) is 4.79 Å². The minimum atomic E-state index is -1.36. The minimum Gasteiger partial charge on any atom is -0.494 e. The molecule has 4 atom stereocenters. The van der Waals surface area contributed by atoms with Crippen molar-refractivity contribution in [1.82, 2.24) is 5.32 Å². The number of hydrogen-bond acceptors (Lipinski definition) is 8. The van der Waals surface area contributed by atoms with Crippen molar-refractivity contribution in [3.8, 4) is 11.5 Å². The minimum absolute atomic E-state index is 0.249. The standard InChI is InChI=1S/C68H109NO3P2S6/c1-3-5-7-9-11-17-23-41-56-68(79-73(75)77-65-51-37-31-38-52-65,57-42-24-18-13-14-19-25-43-58-71-63-47-33-29-34-48-63)69-67(70)55-62-80(60-45-27-21-12-10-8-6-4-2,74(76)78-66-53-39-32-40-54-66)61-46-28-22-16-15-20-26-44-59-72-64-49-35-30-36-50-64/h29-40,47-54,73-74H,3-28,41-46,55-62H2,1-2H3,(H,69,70). The quantitative estimate of drug-likeness (QED) is 0.0267. The Bertz CT molecular complexity index is 2130. The summed E-state index contributed by atoms with van der Waals surface area (Å²) in [5, 5.41) is 1.29. The Morgan fingerprint density at radius 2 is 0.775 bits per heavy atom. The largest absolute Gasteiger partial charge is 0.494 e. The summed E-state index contributed by atoms with van der Waals surface area (Å²) in [6.07, 6.45) is 43.1. The van der Waals surface area contributed by atoms with Crippen LogP contribution in [-0.2, 0) is 28.4 Å². The second kappa shape index (κ2) is 47.8. The van der Waals surface area contributed by atoms with Crippen LogP contribution >= 0.6 is 54.0 Å². The molecule has 1 amide bonds. The SMILES string of the molecule is CCCCCCCCCCC(CCCCCCCCCCOc1ccccc1)(NC(=O)CCS(CCCCCCCCCC)(CCCCCCCCCCOc1ccccc1)[PH](=S)Sc1ccccc1)S[PH](=S)Sc1ccccc1. The van der Waals surface area contributed by atoms with Gasteiger partial charge in [-0.1, -0.05) is 324 Å². The number of amides is 1. The molecule has 4 aromatic carbocycles. The Balaban J connectivity index is 1.46. The van der Waals surface area contributed by atoms with Crippen molar-refractivity contribution in [3.63, 3.8) is 0 Å². The Kier molecular flexibility index (Phi) is 42.5. The van der Waals surface area contributed by atoms with Gasteiger partial charge in [-0.25, -0.2) is 9.65 Å².